The molecule has 0 bridgehead atoms. The van der Waals surface area contributed by atoms with Crippen LogP contribution < -0.4 is 0 Å². The van der Waals surface area contributed by atoms with Crippen molar-refractivity contribution in [2.75, 3.05) is 0 Å². The molecule has 0 aliphatic heterocycles. The molecule has 0 saturated carbocycles. The lowest BCUT2D eigenvalue weighted by molar-refractivity contribution is 0.579. The first kappa shape index (κ1) is 9.90. The van der Waals surface area contributed by atoms with Gasteiger partial charge in [-0.15, -0.1) is 0 Å². The monoisotopic (exact) mass is 204 g/mol. The average molecular weight is 204 g/mol. The van der Waals surface area contributed by atoms with Gasteiger partial charge in [0.05, 0.1) is 12.2 Å². The van der Waals surface area contributed by atoms with E-state index in [0.717, 1.165) is 11.4 Å². The normalized spacial score (nSPS) is 10.6. The van der Waals surface area contributed by atoms with Crippen molar-refractivity contribution in [1.82, 2.24) is 9.78 Å². The van der Waals surface area contributed by atoms with Gasteiger partial charge in [-0.05, 0) is 26.0 Å². The van der Waals surface area contributed by atoms with Crippen LogP contribution in [0.3, 0.4) is 0 Å². The van der Waals surface area contributed by atoms with Crippen molar-refractivity contribution in [3.05, 3.63) is 53.1 Å². The number of halogens is 1. The highest BCUT2D eigenvalue weighted by atomic mass is 19.1. The predicted octanol–water partition coefficient (Wildman–Crippen LogP) is 2.69. The Labute approximate surface area is 88.4 Å². The van der Waals surface area contributed by atoms with E-state index in [9.17, 15) is 4.39 Å². The Morgan fingerprint density at radius 2 is 2.00 bits per heavy atom. The highest BCUT2D eigenvalue weighted by molar-refractivity contribution is 5.18. The van der Waals surface area contributed by atoms with E-state index in [1.807, 2.05) is 30.7 Å². The highest BCUT2D eigenvalue weighted by Crippen LogP contribution is 2.10. The molecule has 1 aromatic carbocycles. The molecule has 3 heteroatoms. The Bertz CT molecular complexity index is 474. The van der Waals surface area contributed by atoms with Gasteiger partial charge in [0.2, 0.25) is 0 Å². The number of hydrogen-bond acceptors (Lipinski definition) is 1. The van der Waals surface area contributed by atoms with Crippen LogP contribution in [-0.4, -0.2) is 9.78 Å². The van der Waals surface area contributed by atoms with Crippen molar-refractivity contribution in [2.24, 2.45) is 0 Å². The van der Waals surface area contributed by atoms with Crippen molar-refractivity contribution in [2.45, 2.75) is 20.4 Å². The quantitative estimate of drug-likeness (QED) is 0.735. The number of benzene rings is 1. The molecular formula is C12H13FN2. The second kappa shape index (κ2) is 3.85. The number of aryl methyl sites for hydroxylation is 2. The zero-order chi connectivity index (χ0) is 10.8. The van der Waals surface area contributed by atoms with E-state index in [2.05, 4.69) is 5.10 Å². The first-order chi connectivity index (χ1) is 7.16. The fourth-order valence-corrected chi connectivity index (χ4v) is 1.62. The molecule has 15 heavy (non-hydrogen) atoms. The molecule has 0 aliphatic carbocycles. The second-order valence-electron chi connectivity index (χ2n) is 3.68. The van der Waals surface area contributed by atoms with Crippen LogP contribution >= 0.6 is 0 Å². The third-order valence-electron chi connectivity index (χ3n) is 2.38. The van der Waals surface area contributed by atoms with Gasteiger partial charge >= 0.3 is 0 Å². The highest BCUT2D eigenvalue weighted by Gasteiger charge is 2.05. The van der Waals surface area contributed by atoms with E-state index in [1.165, 1.54) is 6.07 Å². The van der Waals surface area contributed by atoms with Gasteiger partial charge in [-0.25, -0.2) is 4.39 Å². The van der Waals surface area contributed by atoms with E-state index >= 15 is 0 Å². The molecule has 0 N–H and O–H groups in total. The number of hydrogen-bond donors (Lipinski definition) is 0. The first-order valence-corrected chi connectivity index (χ1v) is 4.91. The molecule has 1 aromatic heterocycles. The van der Waals surface area contributed by atoms with Crippen molar-refractivity contribution < 1.29 is 4.39 Å². The summed E-state index contributed by atoms with van der Waals surface area (Å²) in [6.07, 6.45) is 0. The van der Waals surface area contributed by atoms with Crippen LogP contribution in [0.2, 0.25) is 0 Å². The Morgan fingerprint density at radius 1 is 1.27 bits per heavy atom. The van der Waals surface area contributed by atoms with Gasteiger partial charge in [0.25, 0.3) is 0 Å². The van der Waals surface area contributed by atoms with Crippen LogP contribution in [-0.2, 0) is 6.54 Å². The van der Waals surface area contributed by atoms with Gasteiger partial charge in [0, 0.05) is 11.3 Å². The molecule has 0 spiro atoms. The van der Waals surface area contributed by atoms with Crippen LogP contribution in [0.4, 0.5) is 4.39 Å². The summed E-state index contributed by atoms with van der Waals surface area (Å²) in [5, 5.41) is 4.30. The Hall–Kier alpha value is -1.64. The topological polar surface area (TPSA) is 17.8 Å². The van der Waals surface area contributed by atoms with E-state index in [1.54, 1.807) is 12.1 Å². The molecule has 0 fully saturated rings. The lowest BCUT2D eigenvalue weighted by Gasteiger charge is -2.05. The Morgan fingerprint density at radius 3 is 2.60 bits per heavy atom. The Balaban J connectivity index is 2.29. The van der Waals surface area contributed by atoms with Crippen molar-refractivity contribution >= 4 is 0 Å². The zero-order valence-electron chi connectivity index (χ0n) is 8.87. The summed E-state index contributed by atoms with van der Waals surface area (Å²) >= 11 is 0. The maximum Gasteiger partial charge on any atom is 0.128 e. The van der Waals surface area contributed by atoms with Gasteiger partial charge in [0.15, 0.2) is 0 Å². The molecule has 78 valence electrons. The standard InChI is InChI=1S/C12H13FN2/c1-9-7-10(2)15(14-9)8-11-5-3-4-6-12(11)13/h3-7H,8H2,1-2H3. The number of rotatable bonds is 2. The summed E-state index contributed by atoms with van der Waals surface area (Å²) in [7, 11) is 0. The summed E-state index contributed by atoms with van der Waals surface area (Å²) in [6.45, 7) is 4.40. The van der Waals surface area contributed by atoms with Crippen LogP contribution in [0.5, 0.6) is 0 Å². The Kier molecular flexibility index (Phi) is 2.54. The molecule has 2 aromatic rings. The molecule has 0 aliphatic rings. The molecule has 0 saturated heterocycles. The van der Waals surface area contributed by atoms with Crippen LogP contribution in [0.25, 0.3) is 0 Å². The summed E-state index contributed by atoms with van der Waals surface area (Å²) in [4.78, 5) is 0. The summed E-state index contributed by atoms with van der Waals surface area (Å²) in [6, 6.07) is 8.78. The molecule has 0 atom stereocenters. The SMILES string of the molecule is Cc1cc(C)n(Cc2ccccc2F)n1. The van der Waals surface area contributed by atoms with E-state index in [0.29, 0.717) is 12.1 Å². The minimum atomic E-state index is -0.176. The van der Waals surface area contributed by atoms with Crippen molar-refractivity contribution in [3.63, 3.8) is 0 Å². The molecule has 2 rings (SSSR count). The molecule has 0 unspecified atom stereocenters. The zero-order valence-corrected chi connectivity index (χ0v) is 8.87. The minimum Gasteiger partial charge on any atom is -0.265 e. The summed E-state index contributed by atoms with van der Waals surface area (Å²) in [5.41, 5.74) is 2.68. The van der Waals surface area contributed by atoms with Crippen LogP contribution in [0, 0.1) is 19.7 Å². The smallest absolute Gasteiger partial charge is 0.128 e. The molecule has 0 amide bonds. The lowest BCUT2D eigenvalue weighted by Crippen LogP contribution is -2.05. The minimum absolute atomic E-state index is 0.176. The first-order valence-electron chi connectivity index (χ1n) is 4.91. The van der Waals surface area contributed by atoms with Crippen molar-refractivity contribution in [1.29, 1.82) is 0 Å². The van der Waals surface area contributed by atoms with Gasteiger partial charge in [-0.3, -0.25) is 4.68 Å². The fourth-order valence-electron chi connectivity index (χ4n) is 1.62. The van der Waals surface area contributed by atoms with E-state index in [-0.39, 0.29) is 5.82 Å². The average Bonchev–Trinajstić information content (AvgIpc) is 2.49. The van der Waals surface area contributed by atoms with E-state index < -0.39 is 0 Å². The van der Waals surface area contributed by atoms with Crippen LogP contribution in [0.15, 0.2) is 30.3 Å². The maximum atomic E-state index is 13.4. The maximum absolute atomic E-state index is 13.4. The van der Waals surface area contributed by atoms with Crippen molar-refractivity contribution in [3.8, 4) is 0 Å². The molecule has 0 radical (unpaired) electrons. The number of nitrogens with zero attached hydrogens (tertiary/aromatic N) is 2. The second-order valence-corrected chi connectivity index (χ2v) is 3.68. The lowest BCUT2D eigenvalue weighted by atomic mass is 10.2. The van der Waals surface area contributed by atoms with Gasteiger partial charge in [-0.2, -0.15) is 5.10 Å². The fraction of sp³-hybridized carbons (Fsp3) is 0.250. The third kappa shape index (κ3) is 2.06. The van der Waals surface area contributed by atoms with E-state index in [4.69, 9.17) is 0 Å². The molecular weight excluding hydrogens is 191 g/mol. The largest absolute Gasteiger partial charge is 0.265 e. The van der Waals surface area contributed by atoms with Crippen LogP contribution in [0.1, 0.15) is 17.0 Å². The molecule has 2 nitrogen and oxygen atoms in total. The van der Waals surface area contributed by atoms with Gasteiger partial charge in [-0.1, -0.05) is 18.2 Å². The summed E-state index contributed by atoms with van der Waals surface area (Å²) < 4.78 is 15.2. The van der Waals surface area contributed by atoms with Gasteiger partial charge in [0.1, 0.15) is 5.82 Å². The predicted molar refractivity (Wildman–Crippen MR) is 57.2 cm³/mol. The molecule has 1 heterocycles. The summed E-state index contributed by atoms with van der Waals surface area (Å²) in [5.74, 6) is -0.176. The number of aromatic nitrogens is 2. The van der Waals surface area contributed by atoms with Gasteiger partial charge < -0.3 is 0 Å². The third-order valence-corrected chi connectivity index (χ3v) is 2.38.